The Balaban J connectivity index is 1.70. The molecule has 0 aliphatic rings. The third-order valence-corrected chi connectivity index (χ3v) is 7.27. The van der Waals surface area contributed by atoms with Crippen molar-refractivity contribution < 1.29 is 17.9 Å². The molecule has 170 valence electrons. The third-order valence-electron chi connectivity index (χ3n) is 5.25. The molecule has 0 radical (unpaired) electrons. The summed E-state index contributed by atoms with van der Waals surface area (Å²) < 4.78 is 34.3. The molecule has 1 amide bonds. The molecule has 1 N–H and O–H groups in total. The zero-order valence-corrected chi connectivity index (χ0v) is 19.4. The molecule has 3 aromatic rings. The standard InChI is InChI=1S/C24H29N3O4S/c1-4-27(5-2)32(29,30)22-15-23(26(3)17-22)24(28)25-16-19-11-9-10-12-20(19)18-31-21-13-7-6-8-14-21/h6-15,17H,4-5,16,18H2,1-3H3,(H,25,28). The van der Waals surface area contributed by atoms with Crippen molar-refractivity contribution in [1.29, 1.82) is 0 Å². The second-order valence-corrected chi connectivity index (χ2v) is 9.25. The molecule has 1 heterocycles. The van der Waals surface area contributed by atoms with Gasteiger partial charge in [0.2, 0.25) is 10.0 Å². The Bertz CT molecular complexity index is 1150. The lowest BCUT2D eigenvalue weighted by Crippen LogP contribution is -2.30. The Kier molecular flexibility index (Phi) is 7.71. The van der Waals surface area contributed by atoms with Crippen LogP contribution in [0.15, 0.2) is 71.8 Å². The van der Waals surface area contributed by atoms with Crippen molar-refractivity contribution in [3.05, 3.63) is 83.7 Å². The van der Waals surface area contributed by atoms with E-state index in [2.05, 4.69) is 5.32 Å². The molecule has 1 aromatic heterocycles. The van der Waals surface area contributed by atoms with Crippen LogP contribution in [0.25, 0.3) is 0 Å². The van der Waals surface area contributed by atoms with Gasteiger partial charge < -0.3 is 14.6 Å². The van der Waals surface area contributed by atoms with Crippen LogP contribution in [-0.4, -0.2) is 36.3 Å². The van der Waals surface area contributed by atoms with Crippen molar-refractivity contribution in [3.8, 4) is 5.75 Å². The van der Waals surface area contributed by atoms with Gasteiger partial charge in [0.15, 0.2) is 0 Å². The number of nitrogens with one attached hydrogen (secondary N) is 1. The van der Waals surface area contributed by atoms with E-state index in [4.69, 9.17) is 4.74 Å². The Labute approximate surface area is 189 Å². The maximum absolute atomic E-state index is 12.8. The zero-order valence-electron chi connectivity index (χ0n) is 18.6. The molecule has 0 bridgehead atoms. The Hall–Kier alpha value is -3.10. The topological polar surface area (TPSA) is 80.6 Å². The maximum Gasteiger partial charge on any atom is 0.268 e. The minimum Gasteiger partial charge on any atom is -0.489 e. The molecule has 8 heteroatoms. The van der Waals surface area contributed by atoms with E-state index in [0.717, 1.165) is 16.9 Å². The molecule has 0 aliphatic heterocycles. The lowest BCUT2D eigenvalue weighted by atomic mass is 10.1. The minimum absolute atomic E-state index is 0.116. The Morgan fingerprint density at radius 2 is 1.62 bits per heavy atom. The van der Waals surface area contributed by atoms with Gasteiger partial charge in [-0.15, -0.1) is 0 Å². The fourth-order valence-electron chi connectivity index (χ4n) is 3.43. The normalized spacial score (nSPS) is 11.5. The Morgan fingerprint density at radius 1 is 1.00 bits per heavy atom. The van der Waals surface area contributed by atoms with E-state index >= 15 is 0 Å². The summed E-state index contributed by atoms with van der Waals surface area (Å²) in [5.74, 6) is 0.435. The molecule has 32 heavy (non-hydrogen) atoms. The molecule has 0 saturated heterocycles. The van der Waals surface area contributed by atoms with Gasteiger partial charge in [0.05, 0.1) is 0 Å². The molecule has 7 nitrogen and oxygen atoms in total. The minimum atomic E-state index is -3.63. The first kappa shape index (κ1) is 23.6. The van der Waals surface area contributed by atoms with Gasteiger partial charge in [-0.3, -0.25) is 4.79 Å². The van der Waals surface area contributed by atoms with Crippen LogP contribution in [0.4, 0.5) is 0 Å². The summed E-state index contributed by atoms with van der Waals surface area (Å²) in [6, 6.07) is 18.7. The van der Waals surface area contributed by atoms with Crippen LogP contribution in [0.1, 0.15) is 35.5 Å². The number of rotatable bonds is 10. The monoisotopic (exact) mass is 455 g/mol. The molecule has 0 spiro atoms. The first-order valence-electron chi connectivity index (χ1n) is 10.6. The van der Waals surface area contributed by atoms with Gasteiger partial charge in [-0.25, -0.2) is 8.42 Å². The second kappa shape index (κ2) is 10.5. The van der Waals surface area contributed by atoms with Gasteiger partial charge in [0.25, 0.3) is 5.91 Å². The fourth-order valence-corrected chi connectivity index (χ4v) is 4.96. The smallest absolute Gasteiger partial charge is 0.268 e. The lowest BCUT2D eigenvalue weighted by Gasteiger charge is -2.17. The summed E-state index contributed by atoms with van der Waals surface area (Å²) in [5.41, 5.74) is 2.18. The molecular weight excluding hydrogens is 426 g/mol. The van der Waals surface area contributed by atoms with Crippen molar-refractivity contribution >= 4 is 15.9 Å². The van der Waals surface area contributed by atoms with E-state index in [1.165, 1.54) is 21.1 Å². The number of sulfonamides is 1. The van der Waals surface area contributed by atoms with Gasteiger partial charge >= 0.3 is 0 Å². The number of hydrogen-bond acceptors (Lipinski definition) is 4. The average molecular weight is 456 g/mol. The Morgan fingerprint density at radius 3 is 2.28 bits per heavy atom. The molecule has 2 aromatic carbocycles. The number of ether oxygens (including phenoxy) is 1. The highest BCUT2D eigenvalue weighted by Gasteiger charge is 2.25. The lowest BCUT2D eigenvalue weighted by molar-refractivity contribution is 0.0942. The number of hydrogen-bond donors (Lipinski definition) is 1. The largest absolute Gasteiger partial charge is 0.489 e. The summed E-state index contributed by atoms with van der Waals surface area (Å²) in [4.78, 5) is 12.9. The summed E-state index contributed by atoms with van der Waals surface area (Å²) in [6.07, 6.45) is 1.48. The van der Waals surface area contributed by atoms with Crippen LogP contribution in [0, 0.1) is 0 Å². The number of aromatic nitrogens is 1. The second-order valence-electron chi connectivity index (χ2n) is 7.31. The summed E-state index contributed by atoms with van der Waals surface area (Å²) >= 11 is 0. The third kappa shape index (κ3) is 5.38. The van der Waals surface area contributed by atoms with E-state index < -0.39 is 10.0 Å². The van der Waals surface area contributed by atoms with Crippen molar-refractivity contribution in [2.75, 3.05) is 13.1 Å². The molecule has 0 fully saturated rings. The molecule has 0 saturated carbocycles. The predicted molar refractivity (Wildman–Crippen MR) is 124 cm³/mol. The van der Waals surface area contributed by atoms with Gasteiger partial charge in [-0.1, -0.05) is 56.3 Å². The van der Waals surface area contributed by atoms with E-state index in [-0.39, 0.29) is 16.5 Å². The van der Waals surface area contributed by atoms with Crippen LogP contribution in [0.2, 0.25) is 0 Å². The first-order chi connectivity index (χ1) is 15.4. The van der Waals surface area contributed by atoms with Crippen LogP contribution in [0.3, 0.4) is 0 Å². The van der Waals surface area contributed by atoms with Gasteiger partial charge in [0, 0.05) is 32.9 Å². The van der Waals surface area contributed by atoms with Crippen LogP contribution in [0.5, 0.6) is 5.75 Å². The van der Waals surface area contributed by atoms with Gasteiger partial charge in [-0.05, 0) is 29.3 Å². The van der Waals surface area contributed by atoms with Crippen LogP contribution < -0.4 is 10.1 Å². The number of carbonyl (C=O) groups excluding carboxylic acids is 1. The maximum atomic E-state index is 12.8. The van der Waals surface area contributed by atoms with Crippen molar-refractivity contribution in [2.45, 2.75) is 31.9 Å². The van der Waals surface area contributed by atoms with Crippen molar-refractivity contribution in [3.63, 3.8) is 0 Å². The molecule has 0 aliphatic carbocycles. The number of benzene rings is 2. The van der Waals surface area contributed by atoms with E-state index in [0.29, 0.717) is 26.2 Å². The van der Waals surface area contributed by atoms with Gasteiger partial charge in [0.1, 0.15) is 22.9 Å². The predicted octanol–water partition coefficient (Wildman–Crippen LogP) is 3.56. The first-order valence-corrected chi connectivity index (χ1v) is 12.0. The number of amides is 1. The number of nitrogens with zero attached hydrogens (tertiary/aromatic N) is 2. The van der Waals surface area contributed by atoms with E-state index in [9.17, 15) is 13.2 Å². The average Bonchev–Trinajstić information content (AvgIpc) is 3.20. The molecule has 0 unspecified atom stereocenters. The van der Waals surface area contributed by atoms with Gasteiger partial charge in [-0.2, -0.15) is 4.31 Å². The number of aryl methyl sites for hydroxylation is 1. The van der Waals surface area contributed by atoms with Crippen LogP contribution in [-0.2, 0) is 30.2 Å². The molecular formula is C24H29N3O4S. The summed E-state index contributed by atoms with van der Waals surface area (Å²) in [5, 5.41) is 2.89. The molecule has 3 rings (SSSR count). The highest BCUT2D eigenvalue weighted by Crippen LogP contribution is 2.19. The van der Waals surface area contributed by atoms with E-state index in [1.807, 2.05) is 54.6 Å². The van der Waals surface area contributed by atoms with Crippen molar-refractivity contribution in [1.82, 2.24) is 14.2 Å². The highest BCUT2D eigenvalue weighted by molar-refractivity contribution is 7.89. The van der Waals surface area contributed by atoms with Crippen LogP contribution >= 0.6 is 0 Å². The quantitative estimate of drug-likeness (QED) is 0.507. The summed E-state index contributed by atoms with van der Waals surface area (Å²) in [7, 11) is -1.96. The fraction of sp³-hybridized carbons (Fsp3) is 0.292. The van der Waals surface area contributed by atoms with Crippen molar-refractivity contribution in [2.24, 2.45) is 7.05 Å². The molecule has 0 atom stereocenters. The van der Waals surface area contributed by atoms with E-state index in [1.54, 1.807) is 20.9 Å². The number of carbonyl (C=O) groups is 1. The summed E-state index contributed by atoms with van der Waals surface area (Å²) in [6.45, 7) is 5.00. The zero-order chi connectivity index (χ0) is 23.1. The SMILES string of the molecule is CCN(CC)S(=O)(=O)c1cc(C(=O)NCc2ccccc2COc2ccccc2)n(C)c1. The highest BCUT2D eigenvalue weighted by atomic mass is 32.2. The number of para-hydroxylation sites is 1.